The molecule has 1 aliphatic carbocycles. The van der Waals surface area contributed by atoms with Crippen LogP contribution in [-0.4, -0.2) is 49.0 Å². The van der Waals surface area contributed by atoms with Crippen molar-refractivity contribution < 1.29 is 9.53 Å². The summed E-state index contributed by atoms with van der Waals surface area (Å²) in [6.45, 7) is 6.07. The number of hydrogen-bond donors (Lipinski definition) is 2. The zero-order valence-corrected chi connectivity index (χ0v) is 17.8. The summed E-state index contributed by atoms with van der Waals surface area (Å²) in [6.07, 6.45) is 9.29. The second kappa shape index (κ2) is 11.7. The minimum absolute atomic E-state index is 0.293. The molecule has 160 valence electrons. The fourth-order valence-electron chi connectivity index (χ4n) is 3.98. The Hall–Kier alpha value is -2.24. The molecule has 6 heteroatoms. The van der Waals surface area contributed by atoms with E-state index >= 15 is 0 Å². The van der Waals surface area contributed by atoms with Crippen molar-refractivity contribution >= 4 is 11.9 Å². The SMILES string of the molecule is CCNC(=NCc1ccc(OC2CCCCC2)cc1)NCCCN1CCCC1=O. The summed E-state index contributed by atoms with van der Waals surface area (Å²) in [6, 6.07) is 8.33. The van der Waals surface area contributed by atoms with Crippen molar-refractivity contribution in [3.63, 3.8) is 0 Å². The second-order valence-corrected chi connectivity index (χ2v) is 7.98. The first-order valence-corrected chi connectivity index (χ1v) is 11.3. The second-order valence-electron chi connectivity index (χ2n) is 7.98. The molecule has 1 amide bonds. The fraction of sp³-hybridized carbons (Fsp3) is 0.652. The van der Waals surface area contributed by atoms with Gasteiger partial charge in [-0.15, -0.1) is 0 Å². The number of guanidine groups is 1. The van der Waals surface area contributed by atoms with E-state index in [1.165, 1.54) is 37.7 Å². The summed E-state index contributed by atoms with van der Waals surface area (Å²) in [7, 11) is 0. The number of ether oxygens (including phenoxy) is 1. The lowest BCUT2D eigenvalue weighted by molar-refractivity contribution is -0.127. The molecule has 0 aromatic heterocycles. The lowest BCUT2D eigenvalue weighted by atomic mass is 9.98. The summed E-state index contributed by atoms with van der Waals surface area (Å²) < 4.78 is 6.10. The molecule has 1 aliphatic heterocycles. The quantitative estimate of drug-likeness (QED) is 0.378. The molecule has 6 nitrogen and oxygen atoms in total. The van der Waals surface area contributed by atoms with Gasteiger partial charge in [0.05, 0.1) is 12.6 Å². The van der Waals surface area contributed by atoms with Gasteiger partial charge >= 0.3 is 0 Å². The standard InChI is InChI=1S/C23H36N4O2/c1-2-24-23(25-15-7-17-27-16-6-10-22(27)28)26-18-19-11-13-21(14-12-19)29-20-8-4-3-5-9-20/h11-14,20H,2-10,15-18H2,1H3,(H2,24,25,26). The number of carbonyl (C=O) groups is 1. The minimum Gasteiger partial charge on any atom is -0.490 e. The molecule has 0 spiro atoms. The first kappa shape index (κ1) is 21.5. The van der Waals surface area contributed by atoms with Crippen LogP contribution < -0.4 is 15.4 Å². The first-order valence-electron chi connectivity index (χ1n) is 11.3. The topological polar surface area (TPSA) is 66.0 Å². The van der Waals surface area contributed by atoms with E-state index in [9.17, 15) is 4.79 Å². The summed E-state index contributed by atoms with van der Waals surface area (Å²) in [5.74, 6) is 2.08. The third-order valence-corrected chi connectivity index (χ3v) is 5.61. The average molecular weight is 401 g/mol. The monoisotopic (exact) mass is 400 g/mol. The third kappa shape index (κ3) is 7.26. The smallest absolute Gasteiger partial charge is 0.222 e. The van der Waals surface area contributed by atoms with Crippen LogP contribution in [0.5, 0.6) is 5.75 Å². The molecule has 2 fully saturated rings. The van der Waals surface area contributed by atoms with Gasteiger partial charge in [0.1, 0.15) is 5.75 Å². The highest BCUT2D eigenvalue weighted by Crippen LogP contribution is 2.23. The van der Waals surface area contributed by atoms with Gasteiger partial charge in [0.15, 0.2) is 5.96 Å². The van der Waals surface area contributed by atoms with Crippen LogP contribution in [0.4, 0.5) is 0 Å². The highest BCUT2D eigenvalue weighted by molar-refractivity contribution is 5.79. The number of rotatable bonds is 9. The van der Waals surface area contributed by atoms with Crippen LogP contribution in [0.2, 0.25) is 0 Å². The normalized spacial score (nSPS) is 18.2. The van der Waals surface area contributed by atoms with Crippen LogP contribution in [0.3, 0.4) is 0 Å². The summed E-state index contributed by atoms with van der Waals surface area (Å²) >= 11 is 0. The van der Waals surface area contributed by atoms with Gasteiger partial charge in [-0.1, -0.05) is 18.6 Å². The number of hydrogen-bond acceptors (Lipinski definition) is 3. The summed E-state index contributed by atoms with van der Waals surface area (Å²) in [5.41, 5.74) is 1.17. The molecule has 29 heavy (non-hydrogen) atoms. The van der Waals surface area contributed by atoms with Crippen molar-refractivity contribution in [3.8, 4) is 5.75 Å². The van der Waals surface area contributed by atoms with E-state index in [0.717, 1.165) is 50.7 Å². The van der Waals surface area contributed by atoms with Gasteiger partial charge in [-0.05, 0) is 63.1 Å². The fourth-order valence-corrected chi connectivity index (χ4v) is 3.98. The molecule has 1 saturated carbocycles. The lowest BCUT2D eigenvalue weighted by Crippen LogP contribution is -2.39. The molecule has 0 bridgehead atoms. The molecular weight excluding hydrogens is 364 g/mol. The summed E-state index contributed by atoms with van der Waals surface area (Å²) in [4.78, 5) is 18.3. The van der Waals surface area contributed by atoms with Crippen molar-refractivity contribution in [2.75, 3.05) is 26.2 Å². The van der Waals surface area contributed by atoms with Gasteiger partial charge in [0.25, 0.3) is 0 Å². The molecule has 0 unspecified atom stereocenters. The molecule has 1 heterocycles. The lowest BCUT2D eigenvalue weighted by Gasteiger charge is -2.23. The molecule has 1 aromatic rings. The van der Waals surface area contributed by atoms with E-state index in [1.807, 2.05) is 4.90 Å². The predicted molar refractivity (Wildman–Crippen MR) is 117 cm³/mol. The molecule has 2 N–H and O–H groups in total. The Bertz CT molecular complexity index is 653. The molecular formula is C23H36N4O2. The van der Waals surface area contributed by atoms with Gasteiger partial charge in [-0.2, -0.15) is 0 Å². The Balaban J connectivity index is 1.41. The van der Waals surface area contributed by atoms with Crippen LogP contribution in [0.15, 0.2) is 29.3 Å². The zero-order valence-electron chi connectivity index (χ0n) is 17.8. The molecule has 0 radical (unpaired) electrons. The van der Waals surface area contributed by atoms with Crippen molar-refractivity contribution in [1.29, 1.82) is 0 Å². The van der Waals surface area contributed by atoms with Gasteiger partial charge in [-0.3, -0.25) is 4.79 Å². The average Bonchev–Trinajstić information content (AvgIpc) is 3.16. The van der Waals surface area contributed by atoms with E-state index in [-0.39, 0.29) is 0 Å². The van der Waals surface area contributed by atoms with Crippen LogP contribution >= 0.6 is 0 Å². The number of nitrogens with one attached hydrogen (secondary N) is 2. The minimum atomic E-state index is 0.293. The maximum absolute atomic E-state index is 11.7. The number of aliphatic imine (C=N–C) groups is 1. The predicted octanol–water partition coefficient (Wildman–Crippen LogP) is 3.47. The van der Waals surface area contributed by atoms with E-state index < -0.39 is 0 Å². The molecule has 1 aromatic carbocycles. The zero-order chi connectivity index (χ0) is 20.3. The molecule has 1 saturated heterocycles. The van der Waals surface area contributed by atoms with Crippen LogP contribution in [0, 0.1) is 0 Å². The van der Waals surface area contributed by atoms with Gasteiger partial charge in [0, 0.05) is 32.6 Å². The van der Waals surface area contributed by atoms with E-state index in [1.54, 1.807) is 0 Å². The van der Waals surface area contributed by atoms with E-state index in [4.69, 9.17) is 4.74 Å². The molecule has 0 atom stereocenters. The van der Waals surface area contributed by atoms with Crippen molar-refractivity contribution in [3.05, 3.63) is 29.8 Å². The Morgan fingerprint density at radius 1 is 1.14 bits per heavy atom. The Morgan fingerprint density at radius 3 is 2.62 bits per heavy atom. The van der Waals surface area contributed by atoms with Crippen molar-refractivity contribution in [2.45, 2.75) is 70.9 Å². The number of nitrogens with zero attached hydrogens (tertiary/aromatic N) is 2. The third-order valence-electron chi connectivity index (χ3n) is 5.61. The van der Waals surface area contributed by atoms with Gasteiger partial charge < -0.3 is 20.3 Å². The van der Waals surface area contributed by atoms with Gasteiger partial charge in [-0.25, -0.2) is 4.99 Å². The van der Waals surface area contributed by atoms with Crippen LogP contribution in [0.1, 0.15) is 63.9 Å². The van der Waals surface area contributed by atoms with Crippen molar-refractivity contribution in [1.82, 2.24) is 15.5 Å². The molecule has 3 rings (SSSR count). The van der Waals surface area contributed by atoms with Crippen LogP contribution in [0.25, 0.3) is 0 Å². The maximum Gasteiger partial charge on any atom is 0.222 e. The number of amides is 1. The maximum atomic E-state index is 11.7. The van der Waals surface area contributed by atoms with E-state index in [0.29, 0.717) is 25.0 Å². The van der Waals surface area contributed by atoms with Crippen molar-refractivity contribution in [2.24, 2.45) is 4.99 Å². The Morgan fingerprint density at radius 2 is 1.93 bits per heavy atom. The summed E-state index contributed by atoms with van der Waals surface area (Å²) in [5, 5.41) is 6.66. The number of likely N-dealkylation sites (tertiary alicyclic amines) is 1. The largest absolute Gasteiger partial charge is 0.490 e. The Kier molecular flexibility index (Phi) is 8.65. The molecule has 2 aliphatic rings. The number of benzene rings is 1. The van der Waals surface area contributed by atoms with Gasteiger partial charge in [0.2, 0.25) is 5.91 Å². The highest BCUT2D eigenvalue weighted by atomic mass is 16.5. The Labute approximate surface area is 175 Å². The number of carbonyl (C=O) groups excluding carboxylic acids is 1. The first-order chi connectivity index (χ1) is 14.2. The van der Waals surface area contributed by atoms with E-state index in [2.05, 4.69) is 46.8 Å². The highest BCUT2D eigenvalue weighted by Gasteiger charge is 2.19. The van der Waals surface area contributed by atoms with Crippen LogP contribution in [-0.2, 0) is 11.3 Å².